The number of ether oxygens (including phenoxy) is 2. The Morgan fingerprint density at radius 2 is 2.00 bits per heavy atom. The number of methoxy groups -OCH3 is 1. The van der Waals surface area contributed by atoms with Crippen molar-refractivity contribution in [1.82, 2.24) is 4.90 Å². The zero-order chi connectivity index (χ0) is 15.9. The lowest BCUT2D eigenvalue weighted by molar-refractivity contribution is -0.146. The number of carbonyl (C=O) groups is 2. The highest BCUT2D eigenvalue weighted by Crippen LogP contribution is 2.24. The van der Waals surface area contributed by atoms with Crippen LogP contribution in [0.5, 0.6) is 0 Å². The van der Waals surface area contributed by atoms with Gasteiger partial charge in [-0.25, -0.2) is 0 Å². The van der Waals surface area contributed by atoms with Gasteiger partial charge in [0, 0.05) is 26.1 Å². The van der Waals surface area contributed by atoms with E-state index in [-0.39, 0.29) is 30.9 Å². The van der Waals surface area contributed by atoms with Crippen molar-refractivity contribution in [2.75, 3.05) is 20.3 Å². The fourth-order valence-corrected chi connectivity index (χ4v) is 2.60. The third-order valence-electron chi connectivity index (χ3n) is 3.88. The maximum Gasteiger partial charge on any atom is 0.307 e. The van der Waals surface area contributed by atoms with Gasteiger partial charge in [0.15, 0.2) is 0 Å². The first-order valence-electron chi connectivity index (χ1n) is 7.59. The topological polar surface area (TPSA) is 55.8 Å². The van der Waals surface area contributed by atoms with E-state index in [4.69, 9.17) is 9.47 Å². The summed E-state index contributed by atoms with van der Waals surface area (Å²) in [6, 6.07) is 8.04. The zero-order valence-electron chi connectivity index (χ0n) is 13.2. The number of esters is 1. The molecule has 0 spiro atoms. The molecule has 22 heavy (non-hydrogen) atoms. The number of aryl methyl sites for hydroxylation is 1. The van der Waals surface area contributed by atoms with Crippen LogP contribution >= 0.6 is 0 Å². The minimum atomic E-state index is -0.273. The van der Waals surface area contributed by atoms with Gasteiger partial charge in [-0.2, -0.15) is 0 Å². The van der Waals surface area contributed by atoms with Crippen LogP contribution in [-0.2, 0) is 25.6 Å². The average molecular weight is 305 g/mol. The van der Waals surface area contributed by atoms with Gasteiger partial charge < -0.3 is 14.4 Å². The predicted molar refractivity (Wildman–Crippen MR) is 82.2 cm³/mol. The Labute approximate surface area is 131 Å². The number of nitrogens with zero attached hydrogens (tertiary/aromatic N) is 1. The van der Waals surface area contributed by atoms with Crippen molar-refractivity contribution in [3.63, 3.8) is 0 Å². The van der Waals surface area contributed by atoms with E-state index in [0.717, 1.165) is 5.56 Å². The van der Waals surface area contributed by atoms with E-state index in [2.05, 4.69) is 0 Å². The molecule has 0 aromatic heterocycles. The molecule has 0 N–H and O–H groups in total. The lowest BCUT2D eigenvalue weighted by Gasteiger charge is -2.24. The van der Waals surface area contributed by atoms with Gasteiger partial charge in [0.1, 0.15) is 6.61 Å². The van der Waals surface area contributed by atoms with Crippen LogP contribution in [0.15, 0.2) is 24.3 Å². The molecule has 0 radical (unpaired) electrons. The molecule has 1 aromatic carbocycles. The van der Waals surface area contributed by atoms with Gasteiger partial charge in [0.05, 0.1) is 13.0 Å². The number of hydrogen-bond acceptors (Lipinski definition) is 4. The van der Waals surface area contributed by atoms with Crippen LogP contribution in [0.2, 0.25) is 0 Å². The minimum Gasteiger partial charge on any atom is -0.463 e. The number of amides is 1. The summed E-state index contributed by atoms with van der Waals surface area (Å²) in [5.41, 5.74) is 2.27. The fourth-order valence-electron chi connectivity index (χ4n) is 2.60. The Balaban J connectivity index is 1.91. The van der Waals surface area contributed by atoms with E-state index in [0.29, 0.717) is 26.0 Å². The summed E-state index contributed by atoms with van der Waals surface area (Å²) < 4.78 is 9.94. The Kier molecular flexibility index (Phi) is 5.95. The molecule has 1 aliphatic heterocycles. The summed E-state index contributed by atoms with van der Waals surface area (Å²) in [7, 11) is 1.56. The first-order chi connectivity index (χ1) is 10.6. The van der Waals surface area contributed by atoms with Crippen molar-refractivity contribution < 1.29 is 19.1 Å². The highest BCUT2D eigenvalue weighted by Gasteiger charge is 2.32. The normalized spacial score (nSPS) is 17.8. The molecule has 120 valence electrons. The van der Waals surface area contributed by atoms with Crippen molar-refractivity contribution in [3.05, 3.63) is 35.4 Å². The molecule has 1 amide bonds. The molecule has 1 atom stereocenters. The standard InChI is InChI=1S/C17H23NO4/c1-13-3-5-14(6-4-13)12-18-15(7-8-16(18)19)11-17(20)22-10-9-21-2/h3-6,15H,7-12H2,1-2H3. The van der Waals surface area contributed by atoms with Gasteiger partial charge in [-0.3, -0.25) is 9.59 Å². The highest BCUT2D eigenvalue weighted by atomic mass is 16.6. The molecule has 2 rings (SSSR count). The van der Waals surface area contributed by atoms with E-state index in [9.17, 15) is 9.59 Å². The average Bonchev–Trinajstić information content (AvgIpc) is 2.83. The first-order valence-corrected chi connectivity index (χ1v) is 7.59. The van der Waals surface area contributed by atoms with Crippen molar-refractivity contribution in [2.24, 2.45) is 0 Å². The Hall–Kier alpha value is -1.88. The first kappa shape index (κ1) is 16.5. The lowest BCUT2D eigenvalue weighted by atomic mass is 10.1. The monoisotopic (exact) mass is 305 g/mol. The van der Waals surface area contributed by atoms with Crippen LogP contribution in [-0.4, -0.2) is 43.1 Å². The largest absolute Gasteiger partial charge is 0.463 e. The second kappa shape index (κ2) is 7.94. The molecule has 1 saturated heterocycles. The molecule has 5 nitrogen and oxygen atoms in total. The number of rotatable bonds is 7. The van der Waals surface area contributed by atoms with Crippen LogP contribution in [0.1, 0.15) is 30.4 Å². The van der Waals surface area contributed by atoms with Gasteiger partial charge in [0.25, 0.3) is 0 Å². The number of likely N-dealkylation sites (tertiary alicyclic amines) is 1. The molecule has 1 aromatic rings. The maximum absolute atomic E-state index is 12.1. The summed E-state index contributed by atoms with van der Waals surface area (Å²) in [5.74, 6) is -0.166. The van der Waals surface area contributed by atoms with Crippen molar-refractivity contribution in [1.29, 1.82) is 0 Å². The van der Waals surface area contributed by atoms with Crippen LogP contribution in [0.4, 0.5) is 0 Å². The molecular formula is C17H23NO4. The van der Waals surface area contributed by atoms with E-state index in [1.54, 1.807) is 12.0 Å². The molecule has 5 heteroatoms. The van der Waals surface area contributed by atoms with Crippen LogP contribution in [0, 0.1) is 6.92 Å². The number of benzene rings is 1. The molecule has 1 heterocycles. The van der Waals surface area contributed by atoms with E-state index < -0.39 is 0 Å². The summed E-state index contributed by atoms with van der Waals surface area (Å²) in [5, 5.41) is 0. The quantitative estimate of drug-likeness (QED) is 0.571. The Bertz CT molecular complexity index is 512. The molecular weight excluding hydrogens is 282 g/mol. The zero-order valence-corrected chi connectivity index (χ0v) is 13.2. The molecule has 1 unspecified atom stereocenters. The molecule has 1 aliphatic rings. The number of hydrogen-bond donors (Lipinski definition) is 0. The second-order valence-corrected chi connectivity index (χ2v) is 5.62. The van der Waals surface area contributed by atoms with Gasteiger partial charge in [0.2, 0.25) is 5.91 Å². The van der Waals surface area contributed by atoms with Crippen molar-refractivity contribution >= 4 is 11.9 Å². The summed E-state index contributed by atoms with van der Waals surface area (Å²) in [4.78, 5) is 25.7. The summed E-state index contributed by atoms with van der Waals surface area (Å²) in [6.45, 7) is 3.23. The molecule has 0 bridgehead atoms. The Morgan fingerprint density at radius 3 is 2.68 bits per heavy atom. The fraction of sp³-hybridized carbons (Fsp3) is 0.529. The molecule has 1 fully saturated rings. The van der Waals surface area contributed by atoms with Crippen molar-refractivity contribution in [3.8, 4) is 0 Å². The van der Waals surface area contributed by atoms with Gasteiger partial charge in [-0.15, -0.1) is 0 Å². The lowest BCUT2D eigenvalue weighted by Crippen LogP contribution is -2.34. The summed E-state index contributed by atoms with van der Waals surface area (Å²) >= 11 is 0. The Morgan fingerprint density at radius 1 is 1.27 bits per heavy atom. The minimum absolute atomic E-state index is 0.0659. The van der Waals surface area contributed by atoms with Gasteiger partial charge >= 0.3 is 5.97 Å². The third-order valence-corrected chi connectivity index (χ3v) is 3.88. The predicted octanol–water partition coefficient (Wildman–Crippen LogP) is 2.07. The SMILES string of the molecule is COCCOC(=O)CC1CCC(=O)N1Cc1ccc(C)cc1. The van der Waals surface area contributed by atoms with Crippen LogP contribution in [0.3, 0.4) is 0 Å². The highest BCUT2D eigenvalue weighted by molar-refractivity contribution is 5.80. The third kappa shape index (κ3) is 4.56. The van der Waals surface area contributed by atoms with Gasteiger partial charge in [-0.05, 0) is 18.9 Å². The summed E-state index contributed by atoms with van der Waals surface area (Å²) in [6.07, 6.45) is 1.47. The maximum atomic E-state index is 12.1. The van der Waals surface area contributed by atoms with E-state index in [1.165, 1.54) is 5.56 Å². The van der Waals surface area contributed by atoms with Crippen molar-refractivity contribution in [2.45, 2.75) is 38.8 Å². The smallest absolute Gasteiger partial charge is 0.307 e. The molecule has 0 saturated carbocycles. The van der Waals surface area contributed by atoms with E-state index in [1.807, 2.05) is 31.2 Å². The van der Waals surface area contributed by atoms with Crippen LogP contribution < -0.4 is 0 Å². The van der Waals surface area contributed by atoms with Gasteiger partial charge in [-0.1, -0.05) is 29.8 Å². The molecule has 0 aliphatic carbocycles. The second-order valence-electron chi connectivity index (χ2n) is 5.62. The van der Waals surface area contributed by atoms with E-state index >= 15 is 0 Å². The van der Waals surface area contributed by atoms with Crippen LogP contribution in [0.25, 0.3) is 0 Å². The number of carbonyl (C=O) groups excluding carboxylic acids is 2.